The van der Waals surface area contributed by atoms with E-state index in [0.29, 0.717) is 19.8 Å². The predicted octanol–water partition coefficient (Wildman–Crippen LogP) is 2.46. The van der Waals surface area contributed by atoms with Crippen molar-refractivity contribution in [2.45, 2.75) is 6.54 Å². The normalized spacial score (nSPS) is 15.3. The number of pyridine rings is 1. The van der Waals surface area contributed by atoms with Crippen LogP contribution in [0.3, 0.4) is 0 Å². The fourth-order valence-corrected chi connectivity index (χ4v) is 2.88. The Morgan fingerprint density at radius 1 is 1.09 bits per heavy atom. The van der Waals surface area contributed by atoms with Crippen LogP contribution in [0.5, 0.6) is 0 Å². The molecule has 1 aromatic carbocycles. The van der Waals surface area contributed by atoms with Crippen molar-refractivity contribution in [1.82, 2.24) is 14.5 Å². The van der Waals surface area contributed by atoms with Crippen LogP contribution in [-0.4, -0.2) is 40.8 Å². The van der Waals surface area contributed by atoms with Crippen LogP contribution in [0.4, 0.5) is 10.3 Å². The first kappa shape index (κ1) is 14.1. The molecule has 1 fully saturated rings. The van der Waals surface area contributed by atoms with Crippen LogP contribution in [0.1, 0.15) is 5.56 Å². The average Bonchev–Trinajstić information content (AvgIpc) is 2.96. The van der Waals surface area contributed by atoms with Crippen molar-refractivity contribution in [3.8, 4) is 0 Å². The van der Waals surface area contributed by atoms with Gasteiger partial charge in [-0.1, -0.05) is 12.1 Å². The largest absolute Gasteiger partial charge is 0.378 e. The van der Waals surface area contributed by atoms with Gasteiger partial charge in [-0.15, -0.1) is 0 Å². The number of halogens is 1. The average molecular weight is 312 g/mol. The molecular weight excluding hydrogens is 295 g/mol. The van der Waals surface area contributed by atoms with E-state index in [1.165, 1.54) is 12.1 Å². The Hall–Kier alpha value is -2.47. The van der Waals surface area contributed by atoms with Crippen LogP contribution in [0.15, 0.2) is 42.6 Å². The Balaban J connectivity index is 1.77. The van der Waals surface area contributed by atoms with E-state index in [9.17, 15) is 4.39 Å². The molecule has 0 bridgehead atoms. The topological polar surface area (TPSA) is 43.2 Å². The Morgan fingerprint density at radius 2 is 1.87 bits per heavy atom. The minimum atomic E-state index is -0.223. The van der Waals surface area contributed by atoms with Gasteiger partial charge in [-0.25, -0.2) is 9.37 Å². The number of imidazole rings is 1. The molecule has 1 aliphatic rings. The lowest BCUT2D eigenvalue weighted by Gasteiger charge is -2.28. The van der Waals surface area contributed by atoms with E-state index in [-0.39, 0.29) is 5.82 Å². The molecule has 2 aromatic heterocycles. The zero-order valence-electron chi connectivity index (χ0n) is 12.7. The van der Waals surface area contributed by atoms with Crippen LogP contribution in [0.2, 0.25) is 0 Å². The lowest BCUT2D eigenvalue weighted by molar-refractivity contribution is 0.121. The molecule has 0 atom stereocenters. The Kier molecular flexibility index (Phi) is 3.67. The summed E-state index contributed by atoms with van der Waals surface area (Å²) in [4.78, 5) is 11.3. The molecule has 1 aliphatic heterocycles. The number of nitrogens with zero attached hydrogens (tertiary/aromatic N) is 4. The molecule has 0 N–H and O–H groups in total. The zero-order valence-corrected chi connectivity index (χ0v) is 12.7. The summed E-state index contributed by atoms with van der Waals surface area (Å²) in [7, 11) is 0. The number of ether oxygens (including phenoxy) is 1. The highest BCUT2D eigenvalue weighted by atomic mass is 19.1. The molecule has 5 nitrogen and oxygen atoms in total. The second-order valence-corrected chi connectivity index (χ2v) is 5.57. The third-order valence-corrected chi connectivity index (χ3v) is 4.05. The third-order valence-electron chi connectivity index (χ3n) is 4.05. The highest BCUT2D eigenvalue weighted by molar-refractivity contribution is 5.75. The van der Waals surface area contributed by atoms with E-state index < -0.39 is 0 Å². The fourth-order valence-electron chi connectivity index (χ4n) is 2.88. The number of hydrogen-bond acceptors (Lipinski definition) is 4. The van der Waals surface area contributed by atoms with E-state index in [1.54, 1.807) is 18.3 Å². The molecular formula is C17H17FN4O. The van der Waals surface area contributed by atoms with Gasteiger partial charge in [-0.2, -0.15) is 4.98 Å². The summed E-state index contributed by atoms with van der Waals surface area (Å²) in [6.07, 6.45) is 1.75. The van der Waals surface area contributed by atoms with Crippen molar-refractivity contribution in [2.24, 2.45) is 0 Å². The molecule has 0 saturated carbocycles. The second kappa shape index (κ2) is 5.96. The Labute approximate surface area is 133 Å². The van der Waals surface area contributed by atoms with Gasteiger partial charge in [0.15, 0.2) is 5.65 Å². The zero-order chi connectivity index (χ0) is 15.6. The fraction of sp³-hybridized carbons (Fsp3) is 0.294. The van der Waals surface area contributed by atoms with E-state index in [4.69, 9.17) is 9.72 Å². The maximum absolute atomic E-state index is 13.1. The van der Waals surface area contributed by atoms with Crippen molar-refractivity contribution in [1.29, 1.82) is 0 Å². The van der Waals surface area contributed by atoms with E-state index in [2.05, 4.69) is 14.5 Å². The first-order valence-electron chi connectivity index (χ1n) is 7.70. The number of fused-ring (bicyclic) bond motifs is 1. The summed E-state index contributed by atoms with van der Waals surface area (Å²) in [5, 5.41) is 0. The molecule has 0 radical (unpaired) electrons. The van der Waals surface area contributed by atoms with Gasteiger partial charge in [-0.3, -0.25) is 0 Å². The van der Waals surface area contributed by atoms with Crippen molar-refractivity contribution in [3.05, 3.63) is 54.0 Å². The SMILES string of the molecule is Fc1ccc(Cn2c(N3CCOCC3)nc3ncccc32)cc1. The van der Waals surface area contributed by atoms with Crippen LogP contribution in [-0.2, 0) is 11.3 Å². The first-order valence-corrected chi connectivity index (χ1v) is 7.70. The minimum Gasteiger partial charge on any atom is -0.378 e. The summed E-state index contributed by atoms with van der Waals surface area (Å²) < 4.78 is 20.7. The van der Waals surface area contributed by atoms with Crippen molar-refractivity contribution < 1.29 is 9.13 Å². The highest BCUT2D eigenvalue weighted by Crippen LogP contribution is 2.23. The molecule has 118 valence electrons. The van der Waals surface area contributed by atoms with E-state index >= 15 is 0 Å². The Morgan fingerprint density at radius 3 is 2.65 bits per heavy atom. The van der Waals surface area contributed by atoms with Crippen LogP contribution < -0.4 is 4.90 Å². The van der Waals surface area contributed by atoms with E-state index in [0.717, 1.165) is 35.8 Å². The molecule has 1 saturated heterocycles. The van der Waals surface area contributed by atoms with Gasteiger partial charge in [-0.05, 0) is 29.8 Å². The standard InChI is InChI=1S/C17H17FN4O/c18-14-5-3-13(4-6-14)12-22-15-2-1-7-19-16(15)20-17(22)21-8-10-23-11-9-21/h1-7H,8-12H2. The molecule has 0 spiro atoms. The Bertz CT molecular complexity index is 809. The predicted molar refractivity (Wildman–Crippen MR) is 86.1 cm³/mol. The number of rotatable bonds is 3. The van der Waals surface area contributed by atoms with E-state index in [1.807, 2.05) is 12.1 Å². The third kappa shape index (κ3) is 2.77. The molecule has 3 heterocycles. The van der Waals surface area contributed by atoms with Gasteiger partial charge in [0.2, 0.25) is 5.95 Å². The first-order chi connectivity index (χ1) is 11.3. The summed E-state index contributed by atoms with van der Waals surface area (Å²) in [5.41, 5.74) is 2.75. The highest BCUT2D eigenvalue weighted by Gasteiger charge is 2.20. The minimum absolute atomic E-state index is 0.223. The van der Waals surface area contributed by atoms with Gasteiger partial charge in [0.05, 0.1) is 25.3 Å². The molecule has 4 rings (SSSR count). The van der Waals surface area contributed by atoms with Gasteiger partial charge in [0.1, 0.15) is 5.82 Å². The monoisotopic (exact) mass is 312 g/mol. The second-order valence-electron chi connectivity index (χ2n) is 5.57. The quantitative estimate of drug-likeness (QED) is 0.745. The number of anilines is 1. The van der Waals surface area contributed by atoms with Gasteiger partial charge < -0.3 is 14.2 Å². The van der Waals surface area contributed by atoms with Gasteiger partial charge in [0.25, 0.3) is 0 Å². The molecule has 3 aromatic rings. The lowest BCUT2D eigenvalue weighted by atomic mass is 10.2. The van der Waals surface area contributed by atoms with Crippen molar-refractivity contribution in [3.63, 3.8) is 0 Å². The van der Waals surface area contributed by atoms with Gasteiger partial charge in [0, 0.05) is 19.3 Å². The number of benzene rings is 1. The molecule has 23 heavy (non-hydrogen) atoms. The summed E-state index contributed by atoms with van der Waals surface area (Å²) >= 11 is 0. The number of aromatic nitrogens is 3. The van der Waals surface area contributed by atoms with Gasteiger partial charge >= 0.3 is 0 Å². The summed E-state index contributed by atoms with van der Waals surface area (Å²) in [6, 6.07) is 10.5. The molecule has 0 aliphatic carbocycles. The van der Waals surface area contributed by atoms with Crippen molar-refractivity contribution in [2.75, 3.05) is 31.2 Å². The molecule has 0 amide bonds. The molecule has 0 unspecified atom stereocenters. The van der Waals surface area contributed by atoms with Crippen LogP contribution in [0.25, 0.3) is 11.2 Å². The van der Waals surface area contributed by atoms with Crippen LogP contribution >= 0.6 is 0 Å². The summed E-state index contributed by atoms with van der Waals surface area (Å²) in [6.45, 7) is 3.66. The smallest absolute Gasteiger partial charge is 0.208 e. The maximum atomic E-state index is 13.1. The lowest BCUT2D eigenvalue weighted by Crippen LogP contribution is -2.38. The van der Waals surface area contributed by atoms with Crippen LogP contribution in [0, 0.1) is 5.82 Å². The number of hydrogen-bond donors (Lipinski definition) is 0. The number of morpholine rings is 1. The molecule has 6 heteroatoms. The maximum Gasteiger partial charge on any atom is 0.208 e. The summed E-state index contributed by atoms with van der Waals surface area (Å²) in [5.74, 6) is 0.672. The van der Waals surface area contributed by atoms with Crippen molar-refractivity contribution >= 4 is 17.1 Å².